The fourth-order valence-electron chi connectivity index (χ4n) is 3.95. The molecule has 1 saturated heterocycles. The van der Waals surface area contributed by atoms with Gasteiger partial charge in [-0.25, -0.2) is 21.1 Å². The summed E-state index contributed by atoms with van der Waals surface area (Å²) in [6.07, 6.45) is -3.48. The van der Waals surface area contributed by atoms with Crippen molar-refractivity contribution >= 4 is 31.5 Å². The molecule has 4 rings (SSSR count). The van der Waals surface area contributed by atoms with E-state index < -0.39 is 43.0 Å². The Balaban J connectivity index is 1.55. The average molecular weight is 546 g/mol. The second-order valence-corrected chi connectivity index (χ2v) is 12.0. The first-order valence-corrected chi connectivity index (χ1v) is 13.8. The zero-order valence-corrected chi connectivity index (χ0v) is 20.3. The Kier molecular flexibility index (Phi) is 6.57. The van der Waals surface area contributed by atoms with Crippen LogP contribution in [0.15, 0.2) is 48.5 Å². The van der Waals surface area contributed by atoms with E-state index in [2.05, 4.69) is 20.7 Å². The molecule has 1 aromatic heterocycles. The van der Waals surface area contributed by atoms with Crippen LogP contribution in [0.4, 0.5) is 24.5 Å². The zero-order chi connectivity index (χ0) is 26.4. The molecule has 1 N–H and O–H groups in total. The Bertz CT molecular complexity index is 1470. The molecule has 1 aliphatic rings. The van der Waals surface area contributed by atoms with Crippen molar-refractivity contribution in [2.24, 2.45) is 5.41 Å². The van der Waals surface area contributed by atoms with Gasteiger partial charge in [-0.15, -0.1) is 10.2 Å². The van der Waals surface area contributed by atoms with E-state index in [9.17, 15) is 34.6 Å². The maximum atomic E-state index is 12.8. The molecule has 11 nitrogen and oxygen atoms in total. The van der Waals surface area contributed by atoms with Gasteiger partial charge in [0.15, 0.2) is 0 Å². The maximum Gasteiger partial charge on any atom is 0.416 e. The molecule has 3 aromatic rings. The summed E-state index contributed by atoms with van der Waals surface area (Å²) in [5, 5.41) is 15.2. The van der Waals surface area contributed by atoms with E-state index in [1.165, 1.54) is 12.1 Å². The minimum Gasteiger partial charge on any atom is -0.748 e. The van der Waals surface area contributed by atoms with Crippen molar-refractivity contribution in [3.63, 3.8) is 0 Å². The minimum absolute atomic E-state index is 0.129. The molecule has 194 valence electrons. The molecule has 0 spiro atoms. The molecule has 0 radical (unpaired) electrons. The summed E-state index contributed by atoms with van der Waals surface area (Å²) in [5.41, 5.74) is -0.677. The zero-order valence-electron chi connectivity index (χ0n) is 18.7. The summed E-state index contributed by atoms with van der Waals surface area (Å²) in [7, 11) is -8.24. The molecular weight excluding hydrogens is 525 g/mol. The number of hydrogen-bond acceptors (Lipinski definition) is 9. The number of hydrogen-bond donors (Lipinski definition) is 1. The summed E-state index contributed by atoms with van der Waals surface area (Å²) in [4.78, 5) is 1.09. The number of aromatic nitrogens is 4. The van der Waals surface area contributed by atoms with Crippen molar-refractivity contribution in [2.75, 3.05) is 30.4 Å². The third-order valence-corrected chi connectivity index (χ3v) is 7.73. The minimum atomic E-state index is -4.67. The molecular formula is C20H20F3N6O5S2-. The van der Waals surface area contributed by atoms with Gasteiger partial charge in [-0.1, -0.05) is 12.1 Å². The number of anilines is 2. The average Bonchev–Trinajstić information content (AvgIpc) is 3.18. The van der Waals surface area contributed by atoms with Crippen molar-refractivity contribution < 1.29 is 34.6 Å². The molecule has 36 heavy (non-hydrogen) atoms. The summed E-state index contributed by atoms with van der Waals surface area (Å²) in [5.74, 6) is -0.668. The molecule has 1 aliphatic heterocycles. The van der Waals surface area contributed by atoms with E-state index in [0.717, 1.165) is 27.5 Å². The molecule has 0 saturated carbocycles. The fourth-order valence-corrected chi connectivity index (χ4v) is 5.99. The predicted octanol–water partition coefficient (Wildman–Crippen LogP) is 1.91. The topological polar surface area (TPSA) is 150 Å². The van der Waals surface area contributed by atoms with E-state index >= 15 is 0 Å². The van der Waals surface area contributed by atoms with E-state index in [1.54, 1.807) is 24.3 Å². The summed E-state index contributed by atoms with van der Waals surface area (Å²) >= 11 is 0. The van der Waals surface area contributed by atoms with Crippen molar-refractivity contribution in [1.82, 2.24) is 24.5 Å². The van der Waals surface area contributed by atoms with Gasteiger partial charge in [0, 0.05) is 41.2 Å². The number of nitrogens with zero attached hydrogens (tertiary/aromatic N) is 5. The first kappa shape index (κ1) is 26.0. The van der Waals surface area contributed by atoms with Crippen molar-refractivity contribution in [3.8, 4) is 11.4 Å². The highest BCUT2D eigenvalue weighted by atomic mass is 32.2. The Labute approximate surface area is 204 Å². The molecule has 0 amide bonds. The van der Waals surface area contributed by atoms with Crippen molar-refractivity contribution in [1.29, 1.82) is 0 Å². The van der Waals surface area contributed by atoms with Gasteiger partial charge < -0.3 is 9.87 Å². The van der Waals surface area contributed by atoms with Crippen molar-refractivity contribution in [3.05, 3.63) is 54.1 Å². The molecule has 16 heteroatoms. The van der Waals surface area contributed by atoms with Gasteiger partial charge in [-0.2, -0.15) is 18.0 Å². The summed E-state index contributed by atoms with van der Waals surface area (Å²) in [6, 6.07) is 11.2. The Hall–Kier alpha value is -3.08. The van der Waals surface area contributed by atoms with E-state index in [1.807, 2.05) is 0 Å². The molecule has 1 fully saturated rings. The van der Waals surface area contributed by atoms with Crippen molar-refractivity contribution in [2.45, 2.75) is 12.7 Å². The van der Waals surface area contributed by atoms with Crippen LogP contribution >= 0.6 is 0 Å². The number of sulfonamides is 1. The van der Waals surface area contributed by atoms with E-state index in [-0.39, 0.29) is 25.5 Å². The molecule has 0 atom stereocenters. The van der Waals surface area contributed by atoms with Crippen LogP contribution in [-0.2, 0) is 32.9 Å². The number of tetrazole rings is 1. The third kappa shape index (κ3) is 6.00. The second-order valence-electron chi connectivity index (χ2n) is 8.62. The number of alkyl halides is 3. The van der Waals surface area contributed by atoms with Crippen LogP contribution in [0.25, 0.3) is 11.4 Å². The summed E-state index contributed by atoms with van der Waals surface area (Å²) < 4.78 is 97.4. The van der Waals surface area contributed by atoms with Crippen LogP contribution in [0, 0.1) is 5.41 Å². The third-order valence-electron chi connectivity index (χ3n) is 5.56. The largest absolute Gasteiger partial charge is 0.748 e. The van der Waals surface area contributed by atoms with Crippen LogP contribution in [0.5, 0.6) is 0 Å². The van der Waals surface area contributed by atoms with E-state index in [4.69, 9.17) is 0 Å². The Morgan fingerprint density at radius 1 is 1.06 bits per heavy atom. The maximum absolute atomic E-state index is 12.8. The fraction of sp³-hybridized carbons (Fsp3) is 0.350. The van der Waals surface area contributed by atoms with Crippen LogP contribution in [0.3, 0.4) is 0 Å². The summed E-state index contributed by atoms with van der Waals surface area (Å²) in [6.45, 7) is -0.533. The molecule has 2 heterocycles. The van der Waals surface area contributed by atoms with Gasteiger partial charge >= 0.3 is 6.18 Å². The highest BCUT2D eigenvalue weighted by Crippen LogP contribution is 2.36. The van der Waals surface area contributed by atoms with Crippen LogP contribution in [0.1, 0.15) is 5.56 Å². The quantitative estimate of drug-likeness (QED) is 0.419. The highest BCUT2D eigenvalue weighted by Gasteiger charge is 2.49. The van der Waals surface area contributed by atoms with Gasteiger partial charge in [0.2, 0.25) is 15.8 Å². The number of benzene rings is 2. The smallest absolute Gasteiger partial charge is 0.416 e. The number of rotatable bonds is 8. The first-order valence-electron chi connectivity index (χ1n) is 10.3. The highest BCUT2D eigenvalue weighted by molar-refractivity contribution is 7.88. The Morgan fingerprint density at radius 2 is 1.69 bits per heavy atom. The standard InChI is InChI=1S/C20H21F3N6O5S2/c1-35(30,31)28-10-19(11-28,13-36(32,33)34)12-29-26-18(25-27-29)16-4-2-3-5-17(16)24-15-8-6-14(7-9-15)20(21,22)23/h2-9,24H,10-13H2,1H3,(H,32,33,34)/p-1. The van der Waals surface area contributed by atoms with Crippen LogP contribution in [0.2, 0.25) is 0 Å². The lowest BCUT2D eigenvalue weighted by Gasteiger charge is -2.48. The van der Waals surface area contributed by atoms with Crippen LogP contribution < -0.4 is 5.32 Å². The molecule has 2 aromatic carbocycles. The molecule has 0 unspecified atom stereocenters. The lowest BCUT2D eigenvalue weighted by Crippen LogP contribution is -2.62. The first-order chi connectivity index (χ1) is 16.6. The molecule has 0 aliphatic carbocycles. The lowest BCUT2D eigenvalue weighted by molar-refractivity contribution is -0.137. The van der Waals surface area contributed by atoms with Crippen LogP contribution in [-0.4, -0.2) is 71.0 Å². The lowest BCUT2D eigenvalue weighted by atomic mass is 9.84. The van der Waals surface area contributed by atoms with E-state index in [0.29, 0.717) is 16.9 Å². The monoisotopic (exact) mass is 545 g/mol. The van der Waals surface area contributed by atoms with Gasteiger partial charge in [0.05, 0.1) is 28.5 Å². The molecule has 0 bridgehead atoms. The normalized spacial score (nSPS) is 16.5. The van der Waals surface area contributed by atoms with Gasteiger partial charge in [0.25, 0.3) is 0 Å². The predicted molar refractivity (Wildman–Crippen MR) is 121 cm³/mol. The van der Waals surface area contributed by atoms with Gasteiger partial charge in [-0.05, 0) is 41.6 Å². The number of halogens is 3. The van der Waals surface area contributed by atoms with Gasteiger partial charge in [0.1, 0.15) is 0 Å². The number of para-hydroxylation sites is 1. The SMILES string of the molecule is CS(=O)(=O)N1CC(Cn2nnc(-c3ccccc3Nc3ccc(C(F)(F)F)cc3)n2)(CS(=O)(=O)[O-])C1. The Morgan fingerprint density at radius 3 is 2.28 bits per heavy atom. The van der Waals surface area contributed by atoms with Gasteiger partial charge in [-0.3, -0.25) is 0 Å². The second kappa shape index (κ2) is 9.10. The number of nitrogens with one attached hydrogen (secondary N) is 1.